The molecule has 21 heavy (non-hydrogen) atoms. The van der Waals surface area contributed by atoms with Crippen molar-refractivity contribution in [1.82, 2.24) is 15.5 Å². The molecule has 0 aromatic heterocycles. The Bertz CT molecular complexity index is 389. The summed E-state index contributed by atoms with van der Waals surface area (Å²) in [4.78, 5) is 26.4. The maximum atomic E-state index is 12.3. The molecular weight excluding hydrogens is 266 g/mol. The van der Waals surface area contributed by atoms with Gasteiger partial charge in [-0.15, -0.1) is 0 Å². The fourth-order valence-electron chi connectivity index (χ4n) is 3.47. The van der Waals surface area contributed by atoms with E-state index in [2.05, 4.69) is 10.6 Å². The van der Waals surface area contributed by atoms with Gasteiger partial charge in [-0.05, 0) is 57.5 Å². The van der Waals surface area contributed by atoms with Gasteiger partial charge in [-0.25, -0.2) is 0 Å². The molecule has 0 spiro atoms. The van der Waals surface area contributed by atoms with E-state index in [4.69, 9.17) is 0 Å². The number of rotatable bonds is 4. The average Bonchev–Trinajstić information content (AvgIpc) is 3.38. The van der Waals surface area contributed by atoms with E-state index in [0.717, 1.165) is 51.9 Å². The van der Waals surface area contributed by atoms with Crippen LogP contribution in [0.4, 0.5) is 0 Å². The van der Waals surface area contributed by atoms with Crippen molar-refractivity contribution in [3.8, 4) is 0 Å². The smallest absolute Gasteiger partial charge is 0.225 e. The zero-order valence-corrected chi connectivity index (χ0v) is 12.8. The molecule has 0 aromatic rings. The van der Waals surface area contributed by atoms with Crippen molar-refractivity contribution in [2.24, 2.45) is 17.8 Å². The Balaban J connectivity index is 1.43. The van der Waals surface area contributed by atoms with Crippen molar-refractivity contribution in [2.75, 3.05) is 32.7 Å². The highest BCUT2D eigenvalue weighted by Crippen LogP contribution is 2.32. The minimum absolute atomic E-state index is 0.00185. The second-order valence-corrected chi connectivity index (χ2v) is 6.86. The lowest BCUT2D eigenvalue weighted by Gasteiger charge is -2.32. The molecule has 2 aliphatic heterocycles. The molecule has 118 valence electrons. The molecule has 2 heterocycles. The number of nitrogens with zero attached hydrogens (tertiary/aromatic N) is 1. The number of carbonyl (C=O) groups excluding carboxylic acids is 2. The average molecular weight is 293 g/mol. The SMILES string of the molecule is O=C(NCC1CCCNC1)C1CCCN(C(=O)C2CC2)C1. The van der Waals surface area contributed by atoms with Crippen LogP contribution < -0.4 is 10.6 Å². The topological polar surface area (TPSA) is 61.4 Å². The summed E-state index contributed by atoms with van der Waals surface area (Å²) in [6.45, 7) is 4.36. The van der Waals surface area contributed by atoms with Crippen LogP contribution in [0.1, 0.15) is 38.5 Å². The van der Waals surface area contributed by atoms with E-state index in [1.807, 2.05) is 4.90 Å². The van der Waals surface area contributed by atoms with Crippen LogP contribution in [0, 0.1) is 17.8 Å². The molecule has 1 saturated carbocycles. The molecule has 5 heteroatoms. The van der Waals surface area contributed by atoms with Crippen molar-refractivity contribution < 1.29 is 9.59 Å². The number of hydrogen-bond acceptors (Lipinski definition) is 3. The lowest BCUT2D eigenvalue weighted by atomic mass is 9.95. The van der Waals surface area contributed by atoms with Crippen molar-refractivity contribution in [3.63, 3.8) is 0 Å². The van der Waals surface area contributed by atoms with Crippen LogP contribution in [0.2, 0.25) is 0 Å². The van der Waals surface area contributed by atoms with Gasteiger partial charge in [-0.1, -0.05) is 0 Å². The molecule has 5 nitrogen and oxygen atoms in total. The van der Waals surface area contributed by atoms with Gasteiger partial charge in [0.25, 0.3) is 0 Å². The normalized spacial score (nSPS) is 30.0. The van der Waals surface area contributed by atoms with Gasteiger partial charge < -0.3 is 15.5 Å². The third-order valence-electron chi connectivity index (χ3n) is 4.99. The predicted octanol–water partition coefficient (Wildman–Crippen LogP) is 0.751. The van der Waals surface area contributed by atoms with Crippen LogP contribution in [0.25, 0.3) is 0 Å². The fourth-order valence-corrected chi connectivity index (χ4v) is 3.47. The summed E-state index contributed by atoms with van der Waals surface area (Å²) in [6, 6.07) is 0. The largest absolute Gasteiger partial charge is 0.355 e. The first-order valence-electron chi connectivity index (χ1n) is 8.51. The molecule has 3 fully saturated rings. The highest BCUT2D eigenvalue weighted by atomic mass is 16.2. The third-order valence-corrected chi connectivity index (χ3v) is 4.99. The van der Waals surface area contributed by atoms with Crippen LogP contribution in [-0.4, -0.2) is 49.4 Å². The van der Waals surface area contributed by atoms with Gasteiger partial charge in [0.05, 0.1) is 5.92 Å². The predicted molar refractivity (Wildman–Crippen MR) is 80.6 cm³/mol. The zero-order valence-electron chi connectivity index (χ0n) is 12.8. The van der Waals surface area contributed by atoms with Crippen LogP contribution in [-0.2, 0) is 9.59 Å². The van der Waals surface area contributed by atoms with Crippen molar-refractivity contribution in [1.29, 1.82) is 0 Å². The molecule has 2 amide bonds. The monoisotopic (exact) mass is 293 g/mol. The Morgan fingerprint density at radius 3 is 2.67 bits per heavy atom. The van der Waals surface area contributed by atoms with Crippen LogP contribution in [0.15, 0.2) is 0 Å². The van der Waals surface area contributed by atoms with Gasteiger partial charge in [0.2, 0.25) is 11.8 Å². The molecule has 0 radical (unpaired) electrons. The van der Waals surface area contributed by atoms with Gasteiger partial charge in [-0.3, -0.25) is 9.59 Å². The Hall–Kier alpha value is -1.10. The molecule has 3 rings (SSSR count). The molecule has 2 saturated heterocycles. The number of nitrogens with one attached hydrogen (secondary N) is 2. The lowest BCUT2D eigenvalue weighted by molar-refractivity contribution is -0.136. The first-order valence-corrected chi connectivity index (χ1v) is 8.51. The second-order valence-electron chi connectivity index (χ2n) is 6.86. The second kappa shape index (κ2) is 6.77. The number of likely N-dealkylation sites (tertiary alicyclic amines) is 1. The number of piperidine rings is 2. The van der Waals surface area contributed by atoms with Crippen LogP contribution in [0.5, 0.6) is 0 Å². The van der Waals surface area contributed by atoms with Crippen molar-refractivity contribution in [2.45, 2.75) is 38.5 Å². The van der Waals surface area contributed by atoms with Crippen molar-refractivity contribution >= 4 is 11.8 Å². The lowest BCUT2D eigenvalue weighted by Crippen LogP contribution is -2.47. The first-order chi connectivity index (χ1) is 10.2. The third kappa shape index (κ3) is 3.96. The summed E-state index contributed by atoms with van der Waals surface area (Å²) < 4.78 is 0. The summed E-state index contributed by atoms with van der Waals surface area (Å²) >= 11 is 0. The van der Waals surface area contributed by atoms with Crippen LogP contribution in [0.3, 0.4) is 0 Å². The quantitative estimate of drug-likeness (QED) is 0.804. The molecule has 3 aliphatic rings. The van der Waals surface area contributed by atoms with E-state index in [-0.39, 0.29) is 23.7 Å². The Labute approximate surface area is 126 Å². The molecule has 2 atom stereocenters. The van der Waals surface area contributed by atoms with Gasteiger partial charge in [-0.2, -0.15) is 0 Å². The van der Waals surface area contributed by atoms with Crippen molar-refractivity contribution in [3.05, 3.63) is 0 Å². The molecule has 0 bridgehead atoms. The summed E-state index contributed by atoms with van der Waals surface area (Å²) in [5.74, 6) is 1.26. The van der Waals surface area contributed by atoms with Gasteiger partial charge in [0.1, 0.15) is 0 Å². The number of carbonyl (C=O) groups is 2. The Kier molecular flexibility index (Phi) is 4.78. The Morgan fingerprint density at radius 1 is 1.10 bits per heavy atom. The van der Waals surface area contributed by atoms with Gasteiger partial charge in [0, 0.05) is 25.6 Å². The van der Waals surface area contributed by atoms with E-state index in [9.17, 15) is 9.59 Å². The zero-order chi connectivity index (χ0) is 14.7. The van der Waals surface area contributed by atoms with E-state index in [1.54, 1.807) is 0 Å². The summed E-state index contributed by atoms with van der Waals surface area (Å²) in [5, 5.41) is 6.48. The molecule has 1 aliphatic carbocycles. The summed E-state index contributed by atoms with van der Waals surface area (Å²) in [7, 11) is 0. The minimum atomic E-state index is -0.00185. The summed E-state index contributed by atoms with van der Waals surface area (Å²) in [6.07, 6.45) is 6.37. The highest BCUT2D eigenvalue weighted by molar-refractivity contribution is 5.83. The molecule has 0 aromatic carbocycles. The highest BCUT2D eigenvalue weighted by Gasteiger charge is 2.36. The number of amides is 2. The molecule has 2 unspecified atom stereocenters. The van der Waals surface area contributed by atoms with E-state index in [1.165, 1.54) is 12.8 Å². The van der Waals surface area contributed by atoms with Gasteiger partial charge in [0.15, 0.2) is 0 Å². The fraction of sp³-hybridized carbons (Fsp3) is 0.875. The van der Waals surface area contributed by atoms with Crippen LogP contribution >= 0.6 is 0 Å². The standard InChI is InChI=1S/C16H27N3O2/c20-15(18-10-12-3-1-7-17-9-12)14-4-2-8-19(11-14)16(21)13-5-6-13/h12-14,17H,1-11H2,(H,18,20). The first kappa shape index (κ1) is 14.8. The Morgan fingerprint density at radius 2 is 1.95 bits per heavy atom. The van der Waals surface area contributed by atoms with E-state index in [0.29, 0.717) is 12.5 Å². The summed E-state index contributed by atoms with van der Waals surface area (Å²) in [5.41, 5.74) is 0. The maximum Gasteiger partial charge on any atom is 0.225 e. The molecule has 2 N–H and O–H groups in total. The van der Waals surface area contributed by atoms with E-state index >= 15 is 0 Å². The molecular formula is C16H27N3O2. The van der Waals surface area contributed by atoms with Gasteiger partial charge >= 0.3 is 0 Å². The maximum absolute atomic E-state index is 12.3. The number of hydrogen-bond donors (Lipinski definition) is 2. The minimum Gasteiger partial charge on any atom is -0.355 e. The van der Waals surface area contributed by atoms with E-state index < -0.39 is 0 Å².